The maximum absolute atomic E-state index is 14.0. The molecule has 0 radical (unpaired) electrons. The Bertz CT molecular complexity index is 851. The van der Waals surface area contributed by atoms with Gasteiger partial charge in [0.05, 0.1) is 6.10 Å². The Labute approximate surface area is 166 Å². The van der Waals surface area contributed by atoms with Crippen LogP contribution < -0.4 is 0 Å². The Morgan fingerprint density at radius 1 is 1.07 bits per heavy atom. The Morgan fingerprint density at radius 2 is 1.62 bits per heavy atom. The summed E-state index contributed by atoms with van der Waals surface area (Å²) in [4.78, 5) is 12.8. The van der Waals surface area contributed by atoms with E-state index >= 15 is 0 Å². The van der Waals surface area contributed by atoms with E-state index in [1.807, 2.05) is 30.3 Å². The van der Waals surface area contributed by atoms with Crippen LogP contribution in [-0.2, 0) is 24.6 Å². The van der Waals surface area contributed by atoms with E-state index in [0.29, 0.717) is 0 Å². The standard InChI is InChI=1S/C22H21F3O4/c1-15-19(28-15)18(14-13-16-9-5-3-6-10-16)29-20(26)21(27-2,22(23,24)25)17-11-7-4-8-12-17/h3-15,18-19H,1-2H3/b14-13+/t15-,18+,19-,21+/m0/s1. The summed E-state index contributed by atoms with van der Waals surface area (Å²) in [5, 5.41) is 0. The maximum Gasteiger partial charge on any atom is 0.432 e. The van der Waals surface area contributed by atoms with Gasteiger partial charge in [-0.2, -0.15) is 13.2 Å². The third kappa shape index (κ3) is 4.36. The number of benzene rings is 2. The van der Waals surface area contributed by atoms with Crippen LogP contribution in [0.5, 0.6) is 0 Å². The SMILES string of the molecule is CO[C@@](C(=O)O[C@H](/C=C/c1ccccc1)[C@H]1O[C@H]1C)(c1ccccc1)C(F)(F)F. The van der Waals surface area contributed by atoms with Crippen LogP contribution in [-0.4, -0.2) is 37.6 Å². The molecule has 4 nitrogen and oxygen atoms in total. The zero-order valence-corrected chi connectivity index (χ0v) is 15.9. The highest BCUT2D eigenvalue weighted by Gasteiger charge is 2.64. The lowest BCUT2D eigenvalue weighted by molar-refractivity contribution is -0.277. The van der Waals surface area contributed by atoms with E-state index in [9.17, 15) is 18.0 Å². The van der Waals surface area contributed by atoms with Crippen molar-refractivity contribution in [3.63, 3.8) is 0 Å². The van der Waals surface area contributed by atoms with Gasteiger partial charge >= 0.3 is 12.1 Å². The summed E-state index contributed by atoms with van der Waals surface area (Å²) in [6.07, 6.45) is -3.55. The molecule has 1 heterocycles. The van der Waals surface area contributed by atoms with Crippen molar-refractivity contribution in [1.29, 1.82) is 0 Å². The van der Waals surface area contributed by atoms with Gasteiger partial charge in [0.25, 0.3) is 5.60 Å². The zero-order chi connectivity index (χ0) is 21.1. The largest absolute Gasteiger partial charge is 0.453 e. The van der Waals surface area contributed by atoms with Gasteiger partial charge in [-0.3, -0.25) is 0 Å². The fraction of sp³-hybridized carbons (Fsp3) is 0.318. The summed E-state index contributed by atoms with van der Waals surface area (Å²) in [5.74, 6) is -1.54. The first-order valence-electron chi connectivity index (χ1n) is 9.07. The first kappa shape index (κ1) is 21.1. The minimum atomic E-state index is -5.02. The lowest BCUT2D eigenvalue weighted by atomic mass is 9.92. The van der Waals surface area contributed by atoms with Crippen LogP contribution >= 0.6 is 0 Å². The number of alkyl halides is 3. The second-order valence-corrected chi connectivity index (χ2v) is 6.69. The molecule has 0 amide bonds. The Kier molecular flexibility index (Phi) is 6.10. The average molecular weight is 406 g/mol. The summed E-state index contributed by atoms with van der Waals surface area (Å²) in [6, 6.07) is 15.9. The van der Waals surface area contributed by atoms with Gasteiger partial charge in [-0.1, -0.05) is 66.7 Å². The number of epoxide rings is 1. The third-order valence-electron chi connectivity index (χ3n) is 4.78. The Balaban J connectivity index is 1.91. The molecule has 4 atom stereocenters. The molecule has 0 N–H and O–H groups in total. The summed E-state index contributed by atoms with van der Waals surface area (Å²) < 4.78 is 57.5. The normalized spacial score (nSPS) is 22.1. The van der Waals surface area contributed by atoms with Gasteiger partial charge < -0.3 is 14.2 Å². The lowest BCUT2D eigenvalue weighted by Gasteiger charge is -2.33. The number of hydrogen-bond donors (Lipinski definition) is 0. The first-order valence-corrected chi connectivity index (χ1v) is 9.07. The van der Waals surface area contributed by atoms with E-state index in [4.69, 9.17) is 14.2 Å². The van der Waals surface area contributed by atoms with E-state index < -0.39 is 30.0 Å². The van der Waals surface area contributed by atoms with Gasteiger partial charge in [0.15, 0.2) is 0 Å². The quantitative estimate of drug-likeness (QED) is 0.502. The molecule has 0 spiro atoms. The van der Waals surface area contributed by atoms with Crippen molar-refractivity contribution >= 4 is 12.0 Å². The summed E-state index contributed by atoms with van der Waals surface area (Å²) in [5.41, 5.74) is -2.76. The molecule has 154 valence electrons. The predicted molar refractivity (Wildman–Crippen MR) is 101 cm³/mol. The number of hydrogen-bond acceptors (Lipinski definition) is 4. The Morgan fingerprint density at radius 3 is 2.10 bits per heavy atom. The maximum atomic E-state index is 14.0. The number of rotatable bonds is 7. The van der Waals surface area contributed by atoms with E-state index in [1.165, 1.54) is 30.3 Å². The molecule has 0 bridgehead atoms. The van der Waals surface area contributed by atoms with Gasteiger partial charge in [-0.25, -0.2) is 4.79 Å². The molecule has 1 fully saturated rings. The molecule has 7 heteroatoms. The second-order valence-electron chi connectivity index (χ2n) is 6.69. The molecule has 3 rings (SSSR count). The monoisotopic (exact) mass is 406 g/mol. The van der Waals surface area contributed by atoms with Crippen molar-refractivity contribution in [2.45, 2.75) is 37.0 Å². The van der Waals surface area contributed by atoms with Crippen LogP contribution in [0.25, 0.3) is 6.08 Å². The third-order valence-corrected chi connectivity index (χ3v) is 4.78. The summed E-state index contributed by atoms with van der Waals surface area (Å²) in [6.45, 7) is 1.76. The van der Waals surface area contributed by atoms with Crippen LogP contribution in [0, 0.1) is 0 Å². The van der Waals surface area contributed by atoms with E-state index in [0.717, 1.165) is 12.7 Å². The molecule has 0 aliphatic carbocycles. The average Bonchev–Trinajstić information content (AvgIpc) is 3.43. The molecule has 1 aliphatic rings. The van der Waals surface area contributed by atoms with Crippen molar-refractivity contribution < 1.29 is 32.2 Å². The molecular weight excluding hydrogens is 385 g/mol. The van der Waals surface area contributed by atoms with Crippen LogP contribution in [0.1, 0.15) is 18.1 Å². The van der Waals surface area contributed by atoms with Crippen molar-refractivity contribution in [1.82, 2.24) is 0 Å². The van der Waals surface area contributed by atoms with Crippen molar-refractivity contribution in [3.8, 4) is 0 Å². The van der Waals surface area contributed by atoms with Gasteiger partial charge in [0.2, 0.25) is 0 Å². The molecule has 0 aromatic heterocycles. The topological polar surface area (TPSA) is 48.1 Å². The van der Waals surface area contributed by atoms with E-state index in [1.54, 1.807) is 19.1 Å². The molecular formula is C22H21F3O4. The van der Waals surface area contributed by atoms with Crippen LogP contribution in [0.15, 0.2) is 66.7 Å². The number of methoxy groups -OCH3 is 1. The highest BCUT2D eigenvalue weighted by Crippen LogP contribution is 2.43. The zero-order valence-electron chi connectivity index (χ0n) is 15.9. The number of esters is 1. The second kappa shape index (κ2) is 8.39. The van der Waals surface area contributed by atoms with Gasteiger partial charge in [0.1, 0.15) is 12.2 Å². The van der Waals surface area contributed by atoms with Crippen molar-refractivity contribution in [3.05, 3.63) is 77.9 Å². The highest BCUT2D eigenvalue weighted by atomic mass is 19.4. The molecule has 2 aromatic rings. The number of halogens is 3. The molecule has 2 aromatic carbocycles. The summed E-state index contributed by atoms with van der Waals surface area (Å²) in [7, 11) is 0.840. The first-order chi connectivity index (χ1) is 13.8. The molecule has 0 saturated carbocycles. The van der Waals surface area contributed by atoms with E-state index in [2.05, 4.69) is 0 Å². The van der Waals surface area contributed by atoms with E-state index in [-0.39, 0.29) is 11.7 Å². The number of ether oxygens (including phenoxy) is 3. The Hall–Kier alpha value is -2.64. The predicted octanol–water partition coefficient (Wildman–Crippen LogP) is 4.50. The van der Waals surface area contributed by atoms with Gasteiger partial charge in [-0.15, -0.1) is 0 Å². The minimum absolute atomic E-state index is 0.229. The smallest absolute Gasteiger partial charge is 0.432 e. The van der Waals surface area contributed by atoms with Gasteiger partial charge in [-0.05, 0) is 18.6 Å². The fourth-order valence-electron chi connectivity index (χ4n) is 3.13. The fourth-order valence-corrected chi connectivity index (χ4v) is 3.13. The number of carbonyl (C=O) groups is 1. The molecule has 1 aliphatic heterocycles. The summed E-state index contributed by atoms with van der Waals surface area (Å²) >= 11 is 0. The molecule has 29 heavy (non-hydrogen) atoms. The van der Waals surface area contributed by atoms with Crippen molar-refractivity contribution in [2.24, 2.45) is 0 Å². The highest BCUT2D eigenvalue weighted by molar-refractivity contribution is 5.83. The van der Waals surface area contributed by atoms with Crippen LogP contribution in [0.2, 0.25) is 0 Å². The van der Waals surface area contributed by atoms with Crippen molar-refractivity contribution in [2.75, 3.05) is 7.11 Å². The lowest BCUT2D eigenvalue weighted by Crippen LogP contribution is -2.52. The van der Waals surface area contributed by atoms with Crippen LogP contribution in [0.3, 0.4) is 0 Å². The number of carbonyl (C=O) groups excluding carboxylic acids is 1. The minimum Gasteiger partial charge on any atom is -0.453 e. The molecule has 1 saturated heterocycles. The van der Waals surface area contributed by atoms with Gasteiger partial charge in [0, 0.05) is 12.7 Å². The molecule has 0 unspecified atom stereocenters. The van der Waals surface area contributed by atoms with Crippen LogP contribution in [0.4, 0.5) is 13.2 Å².